The lowest BCUT2D eigenvalue weighted by Crippen LogP contribution is -2.51. The summed E-state index contributed by atoms with van der Waals surface area (Å²) in [6.07, 6.45) is 3.02. The lowest BCUT2D eigenvalue weighted by Gasteiger charge is -2.28. The van der Waals surface area contributed by atoms with E-state index in [1.54, 1.807) is 24.3 Å². The van der Waals surface area contributed by atoms with Gasteiger partial charge in [-0.2, -0.15) is 4.99 Å². The van der Waals surface area contributed by atoms with E-state index in [1.807, 2.05) is 0 Å². The molecule has 5 nitrogen and oxygen atoms in total. The van der Waals surface area contributed by atoms with Gasteiger partial charge in [-0.1, -0.05) is 25.0 Å². The Bertz CT molecular complexity index is 586. The van der Waals surface area contributed by atoms with E-state index in [1.165, 1.54) is 0 Å². The van der Waals surface area contributed by atoms with Crippen LogP contribution in [0.3, 0.4) is 0 Å². The molecule has 1 fully saturated rings. The minimum absolute atomic E-state index is 0.220. The molecule has 1 heterocycles. The largest absolute Gasteiger partial charge is 0.399 e. The van der Waals surface area contributed by atoms with Crippen molar-refractivity contribution in [2.75, 3.05) is 5.73 Å². The molecule has 3 rings (SSSR count). The van der Waals surface area contributed by atoms with E-state index in [2.05, 4.69) is 10.3 Å². The van der Waals surface area contributed by atoms with Gasteiger partial charge in [-0.05, 0) is 25.0 Å². The summed E-state index contributed by atoms with van der Waals surface area (Å²) in [6, 6.07) is 6.98. The van der Waals surface area contributed by atoms with Gasteiger partial charge in [0.05, 0.1) is 0 Å². The molecule has 0 bridgehead atoms. The highest BCUT2D eigenvalue weighted by Gasteiger charge is 2.50. The monoisotopic (exact) mass is 257 g/mol. The van der Waals surface area contributed by atoms with Crippen LogP contribution in [0.4, 0.5) is 5.69 Å². The fraction of sp³-hybridized carbons (Fsp3) is 0.357. The standard InChI is InChI=1S/C14H15N3O2/c15-10-5-3-4-9(8-10)11-16-12(18)14(13(19)17-11)6-1-2-7-14/h3-5,8H,1-2,6-7,15H2,(H,16,17,18,19). The maximum atomic E-state index is 12.3. The molecule has 1 saturated carbocycles. The number of nitrogens with zero attached hydrogens (tertiary/aromatic N) is 1. The number of hydrogen-bond donors (Lipinski definition) is 2. The normalized spacial score (nSPS) is 21.4. The molecule has 1 aromatic carbocycles. The summed E-state index contributed by atoms with van der Waals surface area (Å²) in [5, 5.41) is 2.76. The molecular weight excluding hydrogens is 242 g/mol. The zero-order valence-corrected chi connectivity index (χ0v) is 10.5. The molecule has 1 spiro atoms. The van der Waals surface area contributed by atoms with Crippen LogP contribution in [-0.4, -0.2) is 17.6 Å². The number of hydrogen-bond acceptors (Lipinski definition) is 3. The van der Waals surface area contributed by atoms with Crippen molar-refractivity contribution in [2.24, 2.45) is 10.4 Å². The van der Waals surface area contributed by atoms with E-state index in [0.29, 0.717) is 29.9 Å². The van der Waals surface area contributed by atoms with Crippen LogP contribution >= 0.6 is 0 Å². The zero-order valence-electron chi connectivity index (χ0n) is 10.5. The number of nitrogen functional groups attached to an aromatic ring is 1. The Hall–Kier alpha value is -2.17. The lowest BCUT2D eigenvalue weighted by molar-refractivity contribution is -0.141. The number of amides is 2. The number of amidine groups is 1. The van der Waals surface area contributed by atoms with E-state index in [4.69, 9.17) is 5.73 Å². The van der Waals surface area contributed by atoms with E-state index in [0.717, 1.165) is 12.8 Å². The first-order valence-electron chi connectivity index (χ1n) is 6.42. The lowest BCUT2D eigenvalue weighted by atomic mass is 9.83. The molecule has 3 N–H and O–H groups in total. The molecule has 0 unspecified atom stereocenters. The van der Waals surface area contributed by atoms with Gasteiger partial charge in [-0.25, -0.2) is 0 Å². The summed E-state index contributed by atoms with van der Waals surface area (Å²) in [7, 11) is 0. The van der Waals surface area contributed by atoms with Gasteiger partial charge in [0.2, 0.25) is 5.91 Å². The minimum atomic E-state index is -0.913. The first kappa shape index (κ1) is 11.9. The molecule has 98 valence electrons. The summed E-state index contributed by atoms with van der Waals surface area (Å²) in [6.45, 7) is 0. The Kier molecular flexibility index (Phi) is 2.62. The third-order valence-electron chi connectivity index (χ3n) is 3.91. The van der Waals surface area contributed by atoms with Crippen molar-refractivity contribution in [1.29, 1.82) is 0 Å². The van der Waals surface area contributed by atoms with E-state index in [-0.39, 0.29) is 11.8 Å². The molecule has 1 aliphatic heterocycles. The van der Waals surface area contributed by atoms with Crippen LogP contribution in [0, 0.1) is 5.41 Å². The smallest absolute Gasteiger partial charge is 0.263 e. The van der Waals surface area contributed by atoms with Gasteiger partial charge in [0.15, 0.2) is 0 Å². The number of anilines is 1. The van der Waals surface area contributed by atoms with Crippen molar-refractivity contribution < 1.29 is 9.59 Å². The number of aliphatic imine (C=N–C) groups is 1. The predicted octanol–water partition coefficient (Wildman–Crippen LogP) is 1.23. The molecule has 5 heteroatoms. The second-order valence-electron chi connectivity index (χ2n) is 5.13. The number of nitrogens with one attached hydrogen (secondary N) is 1. The number of rotatable bonds is 1. The third kappa shape index (κ3) is 1.82. The van der Waals surface area contributed by atoms with Crippen LogP contribution in [-0.2, 0) is 9.59 Å². The van der Waals surface area contributed by atoms with Crippen molar-refractivity contribution in [3.8, 4) is 0 Å². The molecule has 19 heavy (non-hydrogen) atoms. The van der Waals surface area contributed by atoms with Crippen LogP contribution < -0.4 is 11.1 Å². The number of benzene rings is 1. The Labute approximate surface area is 110 Å². The maximum absolute atomic E-state index is 12.3. The summed E-state index contributed by atoms with van der Waals surface area (Å²) in [5.74, 6) is -0.228. The molecule has 0 atom stereocenters. The fourth-order valence-electron chi connectivity index (χ4n) is 2.80. The van der Waals surface area contributed by atoms with Gasteiger partial charge >= 0.3 is 0 Å². The van der Waals surface area contributed by atoms with E-state index >= 15 is 0 Å². The SMILES string of the molecule is Nc1cccc(C2=NC(=O)C3(CCCC3)C(=O)N2)c1. The molecule has 1 aliphatic carbocycles. The highest BCUT2D eigenvalue weighted by atomic mass is 16.2. The highest BCUT2D eigenvalue weighted by molar-refractivity contribution is 6.23. The number of nitrogens with two attached hydrogens (primary N) is 1. The second kappa shape index (κ2) is 4.19. The average Bonchev–Trinajstić information content (AvgIpc) is 2.86. The summed E-state index contributed by atoms with van der Waals surface area (Å²) < 4.78 is 0. The molecule has 1 aromatic rings. The molecule has 0 saturated heterocycles. The predicted molar refractivity (Wildman–Crippen MR) is 71.4 cm³/mol. The van der Waals surface area contributed by atoms with Crippen LogP contribution in [0.25, 0.3) is 0 Å². The number of carbonyl (C=O) groups excluding carboxylic acids is 2. The van der Waals surface area contributed by atoms with Crippen LogP contribution in [0.1, 0.15) is 31.2 Å². The van der Waals surface area contributed by atoms with E-state index in [9.17, 15) is 9.59 Å². The van der Waals surface area contributed by atoms with Crippen molar-refractivity contribution in [3.63, 3.8) is 0 Å². The Morgan fingerprint density at radius 2 is 1.95 bits per heavy atom. The van der Waals surface area contributed by atoms with Crippen molar-refractivity contribution in [2.45, 2.75) is 25.7 Å². The molecule has 2 amide bonds. The van der Waals surface area contributed by atoms with Crippen molar-refractivity contribution >= 4 is 23.3 Å². The first-order chi connectivity index (χ1) is 9.12. The highest BCUT2D eigenvalue weighted by Crippen LogP contribution is 2.41. The summed E-state index contributed by atoms with van der Waals surface area (Å²) in [5.41, 5.74) is 6.02. The molecular formula is C14H15N3O2. The van der Waals surface area contributed by atoms with Crippen LogP contribution in [0.2, 0.25) is 0 Å². The second-order valence-corrected chi connectivity index (χ2v) is 5.13. The van der Waals surface area contributed by atoms with Gasteiger partial charge in [0, 0.05) is 11.3 Å². The van der Waals surface area contributed by atoms with Crippen molar-refractivity contribution in [1.82, 2.24) is 5.32 Å². The zero-order chi connectivity index (χ0) is 13.5. The van der Waals surface area contributed by atoms with Gasteiger partial charge in [0.25, 0.3) is 5.91 Å². The fourth-order valence-corrected chi connectivity index (χ4v) is 2.80. The average molecular weight is 257 g/mol. The summed E-state index contributed by atoms with van der Waals surface area (Å²) >= 11 is 0. The summed E-state index contributed by atoms with van der Waals surface area (Å²) in [4.78, 5) is 28.5. The topological polar surface area (TPSA) is 84.5 Å². The first-order valence-corrected chi connectivity index (χ1v) is 6.42. The maximum Gasteiger partial charge on any atom is 0.263 e. The van der Waals surface area contributed by atoms with Crippen LogP contribution in [0.15, 0.2) is 29.3 Å². The molecule has 0 radical (unpaired) electrons. The third-order valence-corrected chi connectivity index (χ3v) is 3.91. The van der Waals surface area contributed by atoms with E-state index < -0.39 is 5.41 Å². The van der Waals surface area contributed by atoms with Crippen molar-refractivity contribution in [3.05, 3.63) is 29.8 Å². The molecule has 0 aromatic heterocycles. The quantitative estimate of drug-likeness (QED) is 0.586. The molecule has 2 aliphatic rings. The van der Waals surface area contributed by atoms with Crippen LogP contribution in [0.5, 0.6) is 0 Å². The van der Waals surface area contributed by atoms with Gasteiger partial charge < -0.3 is 11.1 Å². The Morgan fingerprint density at radius 1 is 1.21 bits per heavy atom. The Balaban J connectivity index is 1.98. The van der Waals surface area contributed by atoms with Gasteiger partial charge in [-0.15, -0.1) is 0 Å². The van der Waals surface area contributed by atoms with Gasteiger partial charge in [0.1, 0.15) is 11.3 Å². The number of carbonyl (C=O) groups is 2. The Morgan fingerprint density at radius 3 is 2.58 bits per heavy atom. The van der Waals surface area contributed by atoms with Gasteiger partial charge in [-0.3, -0.25) is 9.59 Å². The minimum Gasteiger partial charge on any atom is -0.399 e.